The first-order valence-corrected chi connectivity index (χ1v) is 14.2. The summed E-state index contributed by atoms with van der Waals surface area (Å²) in [6, 6.07) is 13.2. The largest absolute Gasteiger partial charge is 0.445 e. The Morgan fingerprint density at radius 2 is 1.86 bits per heavy atom. The SMILES string of the molecule is Cc1c(CC(=O)N(C)C)ccc(NC(=O)c2nc([C@@H]3CCCN(C(=O)OCc4ccccc4)C3)n3ncnc(N)c23)c1C. The molecule has 0 unspecified atom stereocenters. The Bertz CT molecular complexity index is 1670. The number of piperidine rings is 1. The van der Waals surface area contributed by atoms with E-state index in [0.29, 0.717) is 30.1 Å². The van der Waals surface area contributed by atoms with E-state index < -0.39 is 12.0 Å². The van der Waals surface area contributed by atoms with Crippen LogP contribution in [0.3, 0.4) is 0 Å². The van der Waals surface area contributed by atoms with Crippen molar-refractivity contribution in [1.29, 1.82) is 0 Å². The van der Waals surface area contributed by atoms with Gasteiger partial charge in [-0.25, -0.2) is 19.3 Å². The van der Waals surface area contributed by atoms with Crippen molar-refractivity contribution in [2.75, 3.05) is 38.2 Å². The van der Waals surface area contributed by atoms with Crippen LogP contribution in [0.2, 0.25) is 0 Å². The van der Waals surface area contributed by atoms with E-state index in [1.54, 1.807) is 34.5 Å². The summed E-state index contributed by atoms with van der Waals surface area (Å²) in [5, 5.41) is 7.33. The van der Waals surface area contributed by atoms with E-state index in [0.717, 1.165) is 35.1 Å². The van der Waals surface area contributed by atoms with Gasteiger partial charge >= 0.3 is 6.09 Å². The summed E-state index contributed by atoms with van der Waals surface area (Å²) in [5.74, 6) is -0.00396. The molecule has 1 fully saturated rings. The summed E-state index contributed by atoms with van der Waals surface area (Å²) in [6.45, 7) is 4.94. The summed E-state index contributed by atoms with van der Waals surface area (Å²) in [6.07, 6.45) is 2.68. The number of hydrogen-bond acceptors (Lipinski definition) is 8. The number of nitrogens with two attached hydrogens (primary N) is 1. The number of benzene rings is 2. The van der Waals surface area contributed by atoms with Gasteiger partial charge in [0.15, 0.2) is 11.5 Å². The molecule has 12 nitrogen and oxygen atoms in total. The molecule has 3 heterocycles. The Labute approximate surface area is 249 Å². The normalized spacial score (nSPS) is 14.9. The molecule has 2 aromatic carbocycles. The Balaban J connectivity index is 1.37. The molecule has 0 aliphatic carbocycles. The van der Waals surface area contributed by atoms with Crippen molar-refractivity contribution in [3.8, 4) is 0 Å². The zero-order chi connectivity index (χ0) is 30.7. The minimum atomic E-state index is -0.459. The smallest absolute Gasteiger partial charge is 0.410 e. The number of hydrogen-bond donors (Lipinski definition) is 2. The molecule has 0 bridgehead atoms. The number of nitrogens with zero attached hydrogens (tertiary/aromatic N) is 6. The Hall–Kier alpha value is -5.00. The minimum absolute atomic E-state index is 0.00231. The van der Waals surface area contributed by atoms with Gasteiger partial charge in [0.2, 0.25) is 5.91 Å². The number of likely N-dealkylation sites (tertiary alicyclic amines) is 1. The van der Waals surface area contributed by atoms with Crippen LogP contribution in [-0.4, -0.2) is 74.5 Å². The van der Waals surface area contributed by atoms with Crippen LogP contribution in [0, 0.1) is 13.8 Å². The van der Waals surface area contributed by atoms with Crippen LogP contribution in [0.5, 0.6) is 0 Å². The summed E-state index contributed by atoms with van der Waals surface area (Å²) >= 11 is 0. The average molecular weight is 585 g/mol. The molecule has 1 aliphatic rings. The fourth-order valence-electron chi connectivity index (χ4n) is 5.27. The molecule has 4 aromatic rings. The third kappa shape index (κ3) is 6.27. The molecule has 0 saturated carbocycles. The number of fused-ring (bicyclic) bond motifs is 1. The zero-order valence-corrected chi connectivity index (χ0v) is 24.8. The highest BCUT2D eigenvalue weighted by Gasteiger charge is 2.32. The number of rotatable bonds is 7. The predicted molar refractivity (Wildman–Crippen MR) is 162 cm³/mol. The van der Waals surface area contributed by atoms with Gasteiger partial charge in [0.25, 0.3) is 5.91 Å². The van der Waals surface area contributed by atoms with Gasteiger partial charge < -0.3 is 25.6 Å². The van der Waals surface area contributed by atoms with Crippen molar-refractivity contribution in [3.05, 3.63) is 82.6 Å². The fourth-order valence-corrected chi connectivity index (χ4v) is 5.27. The van der Waals surface area contributed by atoms with E-state index in [9.17, 15) is 14.4 Å². The summed E-state index contributed by atoms with van der Waals surface area (Å²) in [4.78, 5) is 50.8. The molecule has 2 aromatic heterocycles. The molecule has 1 atom stereocenters. The van der Waals surface area contributed by atoms with Crippen molar-refractivity contribution in [1.82, 2.24) is 29.4 Å². The maximum Gasteiger partial charge on any atom is 0.410 e. The van der Waals surface area contributed by atoms with Gasteiger partial charge in [0.05, 0.1) is 6.42 Å². The van der Waals surface area contributed by atoms with Gasteiger partial charge in [-0.3, -0.25) is 9.59 Å². The number of aromatic nitrogens is 4. The molecule has 5 rings (SSSR count). The molecule has 3 N–H and O–H groups in total. The summed E-state index contributed by atoms with van der Waals surface area (Å²) in [7, 11) is 3.45. The molecule has 43 heavy (non-hydrogen) atoms. The van der Waals surface area contributed by atoms with Gasteiger partial charge in [-0.05, 0) is 55.0 Å². The predicted octanol–water partition coefficient (Wildman–Crippen LogP) is 3.72. The Kier molecular flexibility index (Phi) is 8.56. The van der Waals surface area contributed by atoms with Gasteiger partial charge in [-0.15, -0.1) is 0 Å². The first-order chi connectivity index (χ1) is 20.6. The average Bonchev–Trinajstić information content (AvgIpc) is 3.41. The van der Waals surface area contributed by atoms with E-state index in [4.69, 9.17) is 15.5 Å². The lowest BCUT2D eigenvalue weighted by atomic mass is 9.97. The van der Waals surface area contributed by atoms with Gasteiger partial charge in [0.1, 0.15) is 24.3 Å². The van der Waals surface area contributed by atoms with Crippen molar-refractivity contribution in [3.63, 3.8) is 0 Å². The van der Waals surface area contributed by atoms with Crippen molar-refractivity contribution >= 4 is 34.9 Å². The topological polar surface area (TPSA) is 148 Å². The third-order valence-corrected chi connectivity index (χ3v) is 7.94. The number of anilines is 2. The number of nitrogen functional groups attached to an aromatic ring is 1. The molecule has 1 aliphatic heterocycles. The van der Waals surface area contributed by atoms with Crippen LogP contribution in [0.1, 0.15) is 57.3 Å². The van der Waals surface area contributed by atoms with Crippen LogP contribution in [0.4, 0.5) is 16.3 Å². The van der Waals surface area contributed by atoms with Crippen LogP contribution in [0.15, 0.2) is 48.8 Å². The number of carbonyl (C=O) groups is 3. The van der Waals surface area contributed by atoms with Gasteiger partial charge in [-0.1, -0.05) is 36.4 Å². The molecule has 0 spiro atoms. The second kappa shape index (κ2) is 12.5. The second-order valence-electron chi connectivity index (χ2n) is 11.0. The minimum Gasteiger partial charge on any atom is -0.445 e. The molecular weight excluding hydrogens is 548 g/mol. The lowest BCUT2D eigenvalue weighted by molar-refractivity contribution is -0.127. The highest BCUT2D eigenvalue weighted by molar-refractivity contribution is 6.09. The third-order valence-electron chi connectivity index (χ3n) is 7.94. The maximum absolute atomic E-state index is 13.6. The lowest BCUT2D eigenvalue weighted by Gasteiger charge is -2.31. The highest BCUT2D eigenvalue weighted by Crippen LogP contribution is 2.30. The molecule has 224 valence electrons. The van der Waals surface area contributed by atoms with E-state index in [1.807, 2.05) is 50.2 Å². The van der Waals surface area contributed by atoms with E-state index >= 15 is 0 Å². The number of carbonyl (C=O) groups excluding carboxylic acids is 3. The lowest BCUT2D eigenvalue weighted by Crippen LogP contribution is -2.40. The van der Waals surface area contributed by atoms with Crippen LogP contribution in [-0.2, 0) is 22.6 Å². The van der Waals surface area contributed by atoms with Gasteiger partial charge in [0, 0.05) is 38.8 Å². The van der Waals surface area contributed by atoms with E-state index in [-0.39, 0.29) is 36.4 Å². The highest BCUT2D eigenvalue weighted by atomic mass is 16.6. The quantitative estimate of drug-likeness (QED) is 0.334. The van der Waals surface area contributed by atoms with Crippen LogP contribution in [0.25, 0.3) is 5.52 Å². The number of ether oxygens (including phenoxy) is 1. The zero-order valence-electron chi connectivity index (χ0n) is 24.8. The Morgan fingerprint density at radius 1 is 1.09 bits per heavy atom. The fraction of sp³-hybridized carbons (Fsp3) is 0.355. The summed E-state index contributed by atoms with van der Waals surface area (Å²) in [5.41, 5.74) is 10.8. The molecule has 1 saturated heterocycles. The standard InChI is InChI=1S/C31H36N8O4/c1-19-20(2)24(13-12-22(19)15-25(40)37(3)4)35-30(41)26-27-28(32)33-18-34-39(27)29(36-26)23-11-8-14-38(16-23)31(42)43-17-21-9-6-5-7-10-21/h5-7,9-10,12-13,18,23H,8,11,14-17H2,1-4H3,(H,35,41)(H2,32,33,34)/t23-/m1/s1. The maximum atomic E-state index is 13.6. The van der Waals surface area contributed by atoms with E-state index in [2.05, 4.69) is 15.4 Å². The monoisotopic (exact) mass is 584 g/mol. The molecular formula is C31H36N8O4. The van der Waals surface area contributed by atoms with E-state index in [1.165, 1.54) is 6.33 Å². The number of amides is 3. The molecule has 3 amide bonds. The van der Waals surface area contributed by atoms with Crippen molar-refractivity contribution < 1.29 is 19.1 Å². The molecule has 0 radical (unpaired) electrons. The van der Waals surface area contributed by atoms with Crippen LogP contribution < -0.4 is 11.1 Å². The first-order valence-electron chi connectivity index (χ1n) is 14.2. The van der Waals surface area contributed by atoms with Crippen LogP contribution >= 0.6 is 0 Å². The van der Waals surface area contributed by atoms with Crippen molar-refractivity contribution in [2.24, 2.45) is 0 Å². The molecule has 12 heteroatoms. The summed E-state index contributed by atoms with van der Waals surface area (Å²) < 4.78 is 7.11. The Morgan fingerprint density at radius 3 is 2.60 bits per heavy atom. The van der Waals surface area contributed by atoms with Crippen molar-refractivity contribution in [2.45, 2.75) is 45.6 Å². The first kappa shape index (κ1) is 29.5. The van der Waals surface area contributed by atoms with Gasteiger partial charge in [-0.2, -0.15) is 5.10 Å². The second-order valence-corrected chi connectivity index (χ2v) is 11.0. The number of nitrogens with one attached hydrogen (secondary N) is 1. The number of likely N-dealkylation sites (N-methyl/N-ethyl adjacent to an activating group) is 1. The number of imidazole rings is 1.